The first-order valence-corrected chi connectivity index (χ1v) is 11.9. The number of hydrogen-bond donors (Lipinski definition) is 0. The summed E-state index contributed by atoms with van der Waals surface area (Å²) >= 11 is 0. The van der Waals surface area contributed by atoms with Crippen LogP contribution in [-0.2, 0) is 6.42 Å². The summed E-state index contributed by atoms with van der Waals surface area (Å²) in [7, 11) is 3.28. The lowest BCUT2D eigenvalue weighted by molar-refractivity contribution is 0.0521. The minimum absolute atomic E-state index is 0.0278. The molecule has 188 valence electrons. The van der Waals surface area contributed by atoms with E-state index in [9.17, 15) is 18.4 Å². The maximum atomic E-state index is 14.6. The molecule has 1 saturated heterocycles. The van der Waals surface area contributed by atoms with Crippen LogP contribution in [-0.4, -0.2) is 59.9 Å². The summed E-state index contributed by atoms with van der Waals surface area (Å²) in [4.78, 5) is 33.7. The molecule has 0 aliphatic carbocycles. The largest absolute Gasteiger partial charge is 0.497 e. The summed E-state index contributed by atoms with van der Waals surface area (Å²) in [5, 5.41) is 0. The Bertz CT molecular complexity index is 1200. The Morgan fingerprint density at radius 1 is 1.08 bits per heavy atom. The van der Waals surface area contributed by atoms with E-state index >= 15 is 0 Å². The van der Waals surface area contributed by atoms with Crippen molar-refractivity contribution >= 4 is 11.8 Å². The third kappa shape index (κ3) is 5.70. The zero-order valence-corrected chi connectivity index (χ0v) is 20.4. The van der Waals surface area contributed by atoms with Gasteiger partial charge < -0.3 is 14.5 Å². The van der Waals surface area contributed by atoms with Crippen molar-refractivity contribution in [1.29, 1.82) is 0 Å². The van der Waals surface area contributed by atoms with Crippen molar-refractivity contribution in [3.8, 4) is 5.75 Å². The fraction of sp³-hybridized carbons (Fsp3) is 0.321. The standard InChI is InChI=1S/C28H29F2N3O3/c1-32(27(34)22-4-3-13-31-18-22)26(16-21-5-8-23(29)17-25(21)30)19-11-14-33(15-12-19)28(35)20-6-9-24(36-2)10-7-20/h3-10,13,17-19,26H,11-12,14-16H2,1-2H3. The van der Waals surface area contributed by atoms with Gasteiger partial charge in [0.15, 0.2) is 0 Å². The summed E-state index contributed by atoms with van der Waals surface area (Å²) in [6.45, 7) is 1.04. The highest BCUT2D eigenvalue weighted by atomic mass is 19.1. The number of nitrogens with zero attached hydrogens (tertiary/aromatic N) is 3. The zero-order valence-electron chi connectivity index (χ0n) is 20.4. The molecule has 2 amide bonds. The van der Waals surface area contributed by atoms with Crippen molar-refractivity contribution in [1.82, 2.24) is 14.8 Å². The predicted molar refractivity (Wildman–Crippen MR) is 132 cm³/mol. The van der Waals surface area contributed by atoms with Gasteiger partial charge in [0.25, 0.3) is 11.8 Å². The van der Waals surface area contributed by atoms with Crippen LogP contribution in [0.4, 0.5) is 8.78 Å². The Kier molecular flexibility index (Phi) is 7.93. The Balaban J connectivity index is 1.51. The van der Waals surface area contributed by atoms with Crippen molar-refractivity contribution in [2.24, 2.45) is 5.92 Å². The third-order valence-electron chi connectivity index (χ3n) is 6.88. The number of piperidine rings is 1. The van der Waals surface area contributed by atoms with E-state index < -0.39 is 11.6 Å². The van der Waals surface area contributed by atoms with E-state index in [1.165, 1.54) is 18.3 Å². The van der Waals surface area contributed by atoms with Crippen molar-refractivity contribution in [2.45, 2.75) is 25.3 Å². The van der Waals surface area contributed by atoms with Crippen LogP contribution in [0.3, 0.4) is 0 Å². The predicted octanol–water partition coefficient (Wildman–Crippen LogP) is 4.60. The number of benzene rings is 2. The second-order valence-electron chi connectivity index (χ2n) is 9.02. The second kappa shape index (κ2) is 11.3. The molecule has 1 aromatic heterocycles. The first-order valence-electron chi connectivity index (χ1n) is 11.9. The SMILES string of the molecule is COc1ccc(C(=O)N2CCC(C(Cc3ccc(F)cc3F)N(C)C(=O)c3cccnc3)CC2)cc1. The Morgan fingerprint density at radius 3 is 2.42 bits per heavy atom. The summed E-state index contributed by atoms with van der Waals surface area (Å²) in [6.07, 6.45) is 4.65. The Hall–Kier alpha value is -3.81. The minimum atomic E-state index is -0.641. The molecular formula is C28H29F2N3O3. The van der Waals surface area contributed by atoms with Crippen molar-refractivity contribution in [2.75, 3.05) is 27.2 Å². The van der Waals surface area contributed by atoms with E-state index in [0.29, 0.717) is 48.4 Å². The quantitative estimate of drug-likeness (QED) is 0.483. The van der Waals surface area contributed by atoms with Gasteiger partial charge >= 0.3 is 0 Å². The highest BCUT2D eigenvalue weighted by Gasteiger charge is 2.34. The first kappa shape index (κ1) is 25.3. The maximum Gasteiger partial charge on any atom is 0.255 e. The number of amides is 2. The fourth-order valence-electron chi connectivity index (χ4n) is 4.78. The van der Waals surface area contributed by atoms with Crippen LogP contribution >= 0.6 is 0 Å². The van der Waals surface area contributed by atoms with Gasteiger partial charge in [-0.1, -0.05) is 6.07 Å². The molecule has 36 heavy (non-hydrogen) atoms. The first-order chi connectivity index (χ1) is 17.4. The molecule has 0 radical (unpaired) electrons. The van der Waals surface area contributed by atoms with Gasteiger partial charge in [-0.3, -0.25) is 14.6 Å². The highest BCUT2D eigenvalue weighted by molar-refractivity contribution is 5.94. The van der Waals surface area contributed by atoms with Gasteiger partial charge in [0.05, 0.1) is 12.7 Å². The van der Waals surface area contributed by atoms with Crippen molar-refractivity contribution < 1.29 is 23.1 Å². The normalized spacial score (nSPS) is 14.8. The van der Waals surface area contributed by atoms with Crippen LogP contribution in [0, 0.1) is 17.6 Å². The van der Waals surface area contributed by atoms with Gasteiger partial charge in [-0.2, -0.15) is 0 Å². The molecule has 2 heterocycles. The number of aromatic nitrogens is 1. The molecule has 0 spiro atoms. The molecule has 0 saturated carbocycles. The average molecular weight is 494 g/mol. The maximum absolute atomic E-state index is 14.6. The number of ether oxygens (including phenoxy) is 1. The molecule has 0 N–H and O–H groups in total. The lowest BCUT2D eigenvalue weighted by Gasteiger charge is -2.40. The lowest BCUT2D eigenvalue weighted by atomic mass is 9.84. The zero-order chi connectivity index (χ0) is 25.7. The number of carbonyl (C=O) groups excluding carboxylic acids is 2. The molecule has 8 heteroatoms. The van der Waals surface area contributed by atoms with Crippen LogP contribution in [0.1, 0.15) is 39.1 Å². The van der Waals surface area contributed by atoms with Gasteiger partial charge in [-0.05, 0) is 73.2 Å². The fourth-order valence-corrected chi connectivity index (χ4v) is 4.78. The van der Waals surface area contributed by atoms with Gasteiger partial charge in [-0.25, -0.2) is 8.78 Å². The van der Waals surface area contributed by atoms with Crippen LogP contribution < -0.4 is 4.74 Å². The summed E-state index contributed by atoms with van der Waals surface area (Å²) in [5.41, 5.74) is 1.38. The number of likely N-dealkylation sites (tertiary alicyclic amines) is 1. The van der Waals surface area contributed by atoms with Gasteiger partial charge in [-0.15, -0.1) is 0 Å². The topological polar surface area (TPSA) is 62.7 Å². The number of likely N-dealkylation sites (N-methyl/N-ethyl adjacent to an activating group) is 1. The molecule has 3 aromatic rings. The number of carbonyl (C=O) groups is 2. The Morgan fingerprint density at radius 2 is 1.81 bits per heavy atom. The molecule has 0 bridgehead atoms. The van der Waals surface area contributed by atoms with E-state index in [-0.39, 0.29) is 30.2 Å². The minimum Gasteiger partial charge on any atom is -0.497 e. The molecule has 4 rings (SSSR count). The van der Waals surface area contributed by atoms with Crippen LogP contribution in [0.25, 0.3) is 0 Å². The number of halogens is 2. The molecule has 1 unspecified atom stereocenters. The summed E-state index contributed by atoms with van der Waals surface area (Å²) in [6, 6.07) is 13.6. The molecule has 1 atom stereocenters. The summed E-state index contributed by atoms with van der Waals surface area (Å²) < 4.78 is 33.2. The molecule has 2 aromatic carbocycles. The van der Waals surface area contributed by atoms with Gasteiger partial charge in [0.1, 0.15) is 17.4 Å². The lowest BCUT2D eigenvalue weighted by Crippen LogP contribution is -2.48. The second-order valence-corrected chi connectivity index (χ2v) is 9.02. The molecule has 1 fully saturated rings. The van der Waals surface area contributed by atoms with Crippen LogP contribution in [0.5, 0.6) is 5.75 Å². The van der Waals surface area contributed by atoms with Crippen LogP contribution in [0.15, 0.2) is 67.0 Å². The van der Waals surface area contributed by atoms with E-state index in [4.69, 9.17) is 4.74 Å². The average Bonchev–Trinajstić information content (AvgIpc) is 2.92. The number of methoxy groups -OCH3 is 1. The van der Waals surface area contributed by atoms with E-state index in [1.54, 1.807) is 66.6 Å². The number of rotatable bonds is 7. The van der Waals surface area contributed by atoms with Gasteiger partial charge in [0, 0.05) is 50.2 Å². The number of pyridine rings is 1. The molecular weight excluding hydrogens is 464 g/mol. The smallest absolute Gasteiger partial charge is 0.255 e. The molecule has 6 nitrogen and oxygen atoms in total. The van der Waals surface area contributed by atoms with E-state index in [1.807, 2.05) is 0 Å². The summed E-state index contributed by atoms with van der Waals surface area (Å²) in [5.74, 6) is -0.834. The number of hydrogen-bond acceptors (Lipinski definition) is 4. The van der Waals surface area contributed by atoms with E-state index in [0.717, 1.165) is 6.07 Å². The highest BCUT2D eigenvalue weighted by Crippen LogP contribution is 2.29. The van der Waals surface area contributed by atoms with E-state index in [2.05, 4.69) is 4.98 Å². The van der Waals surface area contributed by atoms with Gasteiger partial charge in [0.2, 0.25) is 0 Å². The van der Waals surface area contributed by atoms with Crippen LogP contribution in [0.2, 0.25) is 0 Å². The monoisotopic (exact) mass is 493 g/mol. The van der Waals surface area contributed by atoms with Crippen molar-refractivity contribution in [3.63, 3.8) is 0 Å². The molecule has 1 aliphatic heterocycles. The van der Waals surface area contributed by atoms with Crippen molar-refractivity contribution in [3.05, 3.63) is 95.3 Å². The third-order valence-corrected chi connectivity index (χ3v) is 6.88. The Labute approximate surface area is 209 Å². The molecule has 1 aliphatic rings.